The molecule has 0 atom stereocenters. The third-order valence-electron chi connectivity index (χ3n) is 2.73. The summed E-state index contributed by atoms with van der Waals surface area (Å²) in [5.41, 5.74) is 0.865. The van der Waals surface area contributed by atoms with Crippen LogP contribution in [0, 0.1) is 13.8 Å². The lowest BCUT2D eigenvalue weighted by Gasteiger charge is -2.19. The van der Waals surface area contributed by atoms with Gasteiger partial charge in [0.05, 0.1) is 10.7 Å². The highest BCUT2D eigenvalue weighted by Crippen LogP contribution is 2.19. The number of halogens is 2. The van der Waals surface area contributed by atoms with Crippen LogP contribution < -0.4 is 5.32 Å². The monoisotopic (exact) mass is 311 g/mol. The van der Waals surface area contributed by atoms with Gasteiger partial charge in [-0.1, -0.05) is 0 Å². The van der Waals surface area contributed by atoms with Crippen LogP contribution in [0.2, 0.25) is 0 Å². The summed E-state index contributed by atoms with van der Waals surface area (Å²) in [7, 11) is 0. The number of aryl methyl sites for hydroxylation is 2. The van der Waals surface area contributed by atoms with Crippen LogP contribution in [-0.2, 0) is 0 Å². The van der Waals surface area contributed by atoms with Gasteiger partial charge in [0, 0.05) is 19.6 Å². The molecular weight excluding hydrogens is 293 g/mol. The largest absolute Gasteiger partial charge is 0.337 e. The van der Waals surface area contributed by atoms with Gasteiger partial charge in [0.15, 0.2) is 0 Å². The Balaban J connectivity index is 0.00000144. The van der Waals surface area contributed by atoms with E-state index in [4.69, 9.17) is 0 Å². The van der Waals surface area contributed by atoms with Crippen molar-refractivity contribution in [3.05, 3.63) is 15.6 Å². The fourth-order valence-electron chi connectivity index (χ4n) is 1.92. The van der Waals surface area contributed by atoms with E-state index in [-0.39, 0.29) is 30.7 Å². The molecule has 2 heterocycles. The maximum Gasteiger partial charge on any atom is 0.265 e. The summed E-state index contributed by atoms with van der Waals surface area (Å²) in [5, 5.41) is 4.26. The van der Waals surface area contributed by atoms with Gasteiger partial charge in [-0.05, 0) is 26.8 Å². The Hall–Kier alpha value is -0.360. The van der Waals surface area contributed by atoms with Crippen molar-refractivity contribution in [2.24, 2.45) is 0 Å². The fourth-order valence-corrected chi connectivity index (χ4v) is 2.81. The summed E-state index contributed by atoms with van der Waals surface area (Å²) in [5.74, 6) is 0.145. The molecule has 0 unspecified atom stereocenters. The average Bonchev–Trinajstić information content (AvgIpc) is 2.49. The van der Waals surface area contributed by atoms with Crippen LogP contribution >= 0.6 is 36.2 Å². The van der Waals surface area contributed by atoms with Gasteiger partial charge in [-0.15, -0.1) is 36.2 Å². The third kappa shape index (κ3) is 4.09. The molecule has 7 heteroatoms. The molecule has 18 heavy (non-hydrogen) atoms. The summed E-state index contributed by atoms with van der Waals surface area (Å²) < 4.78 is 0. The summed E-state index contributed by atoms with van der Waals surface area (Å²) in [6, 6.07) is 0. The van der Waals surface area contributed by atoms with E-state index in [0.29, 0.717) is 0 Å². The molecule has 0 spiro atoms. The number of carbonyl (C=O) groups excluding carboxylic acids is 1. The SMILES string of the molecule is Cc1nc(C)c(C(=O)N2CCCNCC2)s1.Cl.Cl. The highest BCUT2D eigenvalue weighted by molar-refractivity contribution is 7.13. The number of carbonyl (C=O) groups is 1. The maximum atomic E-state index is 12.3. The van der Waals surface area contributed by atoms with Crippen LogP contribution in [0.15, 0.2) is 0 Å². The molecule has 104 valence electrons. The number of thiazole rings is 1. The average molecular weight is 312 g/mol. The van der Waals surface area contributed by atoms with E-state index < -0.39 is 0 Å². The smallest absolute Gasteiger partial charge is 0.265 e. The van der Waals surface area contributed by atoms with E-state index in [1.165, 1.54) is 11.3 Å². The summed E-state index contributed by atoms with van der Waals surface area (Å²) in [4.78, 5) is 19.3. The summed E-state index contributed by atoms with van der Waals surface area (Å²) in [6.45, 7) is 7.40. The maximum absolute atomic E-state index is 12.3. The zero-order chi connectivity index (χ0) is 11.5. The normalized spacial score (nSPS) is 15.3. The first-order chi connectivity index (χ1) is 7.68. The number of rotatable bonds is 1. The highest BCUT2D eigenvalue weighted by atomic mass is 35.5. The van der Waals surface area contributed by atoms with Gasteiger partial charge in [-0.3, -0.25) is 4.79 Å². The van der Waals surface area contributed by atoms with Crippen molar-refractivity contribution in [3.8, 4) is 0 Å². The predicted octanol–water partition coefficient (Wildman–Crippen LogP) is 2.04. The standard InChI is InChI=1S/C11H17N3OS.2ClH/c1-8-10(16-9(2)13-8)11(15)14-6-3-4-12-5-7-14;;/h12H,3-7H2,1-2H3;2*1H. The highest BCUT2D eigenvalue weighted by Gasteiger charge is 2.21. The van der Waals surface area contributed by atoms with Crippen molar-refractivity contribution in [1.82, 2.24) is 15.2 Å². The predicted molar refractivity (Wildman–Crippen MR) is 79.5 cm³/mol. The summed E-state index contributed by atoms with van der Waals surface area (Å²) >= 11 is 1.50. The molecule has 4 nitrogen and oxygen atoms in total. The van der Waals surface area contributed by atoms with Crippen molar-refractivity contribution in [1.29, 1.82) is 0 Å². The molecule has 0 aliphatic carbocycles. The molecule has 0 aromatic carbocycles. The van der Waals surface area contributed by atoms with Gasteiger partial charge in [-0.2, -0.15) is 0 Å². The second-order valence-electron chi connectivity index (χ2n) is 4.04. The minimum atomic E-state index is 0. The Morgan fingerprint density at radius 3 is 2.61 bits per heavy atom. The van der Waals surface area contributed by atoms with Gasteiger partial charge < -0.3 is 10.2 Å². The van der Waals surface area contributed by atoms with Crippen molar-refractivity contribution in [3.63, 3.8) is 0 Å². The van der Waals surface area contributed by atoms with Crippen LogP contribution in [0.25, 0.3) is 0 Å². The molecule has 0 bridgehead atoms. The van der Waals surface area contributed by atoms with Gasteiger partial charge >= 0.3 is 0 Å². The molecular formula is C11H19Cl2N3OS. The molecule has 1 saturated heterocycles. The molecule has 1 aliphatic rings. The molecule has 1 fully saturated rings. The molecule has 1 N–H and O–H groups in total. The van der Waals surface area contributed by atoms with E-state index in [1.807, 2.05) is 18.7 Å². The van der Waals surface area contributed by atoms with Gasteiger partial charge in [0.2, 0.25) is 0 Å². The third-order valence-corrected chi connectivity index (χ3v) is 3.79. The molecule has 1 aliphatic heterocycles. The second kappa shape index (κ2) is 7.94. The number of aromatic nitrogens is 1. The first-order valence-corrected chi connectivity index (χ1v) is 6.44. The molecule has 0 radical (unpaired) electrons. The number of nitrogens with zero attached hydrogens (tertiary/aromatic N) is 2. The quantitative estimate of drug-likeness (QED) is 0.863. The minimum Gasteiger partial charge on any atom is -0.337 e. The van der Waals surface area contributed by atoms with Crippen LogP contribution in [0.4, 0.5) is 0 Å². The Morgan fingerprint density at radius 1 is 1.28 bits per heavy atom. The zero-order valence-electron chi connectivity index (χ0n) is 10.6. The lowest BCUT2D eigenvalue weighted by Crippen LogP contribution is -2.34. The van der Waals surface area contributed by atoms with E-state index in [0.717, 1.165) is 48.2 Å². The molecule has 1 aromatic rings. The van der Waals surface area contributed by atoms with Crippen LogP contribution in [0.1, 0.15) is 26.8 Å². The molecule has 1 aromatic heterocycles. The van der Waals surface area contributed by atoms with Crippen molar-refractivity contribution < 1.29 is 4.79 Å². The number of hydrogen-bond donors (Lipinski definition) is 1. The van der Waals surface area contributed by atoms with E-state index >= 15 is 0 Å². The topological polar surface area (TPSA) is 45.2 Å². The fraction of sp³-hybridized carbons (Fsp3) is 0.636. The van der Waals surface area contributed by atoms with Crippen LogP contribution in [0.5, 0.6) is 0 Å². The van der Waals surface area contributed by atoms with Crippen molar-refractivity contribution in [2.45, 2.75) is 20.3 Å². The molecule has 0 saturated carbocycles. The van der Waals surface area contributed by atoms with Crippen LogP contribution in [0.3, 0.4) is 0 Å². The first kappa shape index (κ1) is 17.6. The Kier molecular flexibility index (Phi) is 7.78. The first-order valence-electron chi connectivity index (χ1n) is 5.62. The minimum absolute atomic E-state index is 0. The number of amides is 1. The van der Waals surface area contributed by atoms with E-state index in [1.54, 1.807) is 0 Å². The second-order valence-corrected chi connectivity index (χ2v) is 5.25. The Morgan fingerprint density at radius 2 is 2.00 bits per heavy atom. The van der Waals surface area contributed by atoms with Crippen molar-refractivity contribution in [2.75, 3.05) is 26.2 Å². The van der Waals surface area contributed by atoms with Gasteiger partial charge in [0.25, 0.3) is 5.91 Å². The Bertz CT molecular complexity index is 390. The number of nitrogens with one attached hydrogen (secondary N) is 1. The van der Waals surface area contributed by atoms with Gasteiger partial charge in [0.1, 0.15) is 4.88 Å². The molecule has 1 amide bonds. The lowest BCUT2D eigenvalue weighted by atomic mass is 10.3. The van der Waals surface area contributed by atoms with E-state index in [9.17, 15) is 4.79 Å². The van der Waals surface area contributed by atoms with Gasteiger partial charge in [-0.25, -0.2) is 4.98 Å². The lowest BCUT2D eigenvalue weighted by molar-refractivity contribution is 0.0770. The van der Waals surface area contributed by atoms with Crippen molar-refractivity contribution >= 4 is 42.1 Å². The van der Waals surface area contributed by atoms with E-state index in [2.05, 4.69) is 10.3 Å². The number of hydrogen-bond acceptors (Lipinski definition) is 4. The zero-order valence-corrected chi connectivity index (χ0v) is 13.0. The molecule has 2 rings (SSSR count). The summed E-state index contributed by atoms with van der Waals surface area (Å²) in [6.07, 6.45) is 1.03. The van der Waals surface area contributed by atoms with Crippen LogP contribution in [-0.4, -0.2) is 42.0 Å². The Labute approximate surface area is 124 Å².